The van der Waals surface area contributed by atoms with Crippen molar-refractivity contribution in [2.45, 2.75) is 16.7 Å². The van der Waals surface area contributed by atoms with Gasteiger partial charge < -0.3 is 15.1 Å². The molecular weight excluding hydrogens is 374 g/mol. The summed E-state index contributed by atoms with van der Waals surface area (Å²) in [6, 6.07) is 20.0. The fraction of sp³-hybridized carbons (Fsp3) is 0.105. The number of benzene rings is 2. The van der Waals surface area contributed by atoms with E-state index in [1.54, 1.807) is 30.5 Å². The second-order valence-electron chi connectivity index (χ2n) is 5.36. The van der Waals surface area contributed by atoms with Crippen LogP contribution in [0.25, 0.3) is 0 Å². The van der Waals surface area contributed by atoms with Crippen molar-refractivity contribution in [3.8, 4) is 0 Å². The molecule has 134 valence electrons. The maximum atomic E-state index is 12.4. The molecule has 1 atom stereocenters. The highest BCUT2D eigenvalue weighted by molar-refractivity contribution is 7.99. The Morgan fingerprint density at radius 1 is 0.962 bits per heavy atom. The molecule has 0 aliphatic rings. The Morgan fingerprint density at radius 3 is 2.31 bits per heavy atom. The van der Waals surface area contributed by atoms with Crippen molar-refractivity contribution in [1.82, 2.24) is 5.32 Å². The Bertz CT molecular complexity index is 825. The van der Waals surface area contributed by atoms with E-state index >= 15 is 0 Å². The quantitative estimate of drug-likeness (QED) is 0.419. The molecule has 0 unspecified atom stereocenters. The van der Waals surface area contributed by atoms with Crippen LogP contribution in [0.5, 0.6) is 0 Å². The van der Waals surface area contributed by atoms with Crippen LogP contribution in [0.4, 0.5) is 14.5 Å². The molecule has 0 aliphatic heterocycles. The zero-order chi connectivity index (χ0) is 18.4. The first-order chi connectivity index (χ1) is 12.6. The van der Waals surface area contributed by atoms with E-state index in [1.165, 1.54) is 0 Å². The van der Waals surface area contributed by atoms with Gasteiger partial charge in [0.1, 0.15) is 11.8 Å². The summed E-state index contributed by atoms with van der Waals surface area (Å²) in [5.41, 5.74) is 1.72. The van der Waals surface area contributed by atoms with E-state index in [9.17, 15) is 8.78 Å². The van der Waals surface area contributed by atoms with Gasteiger partial charge in [0.2, 0.25) is 0 Å². The zero-order valence-electron chi connectivity index (χ0n) is 13.6. The molecular formula is C19H16F2N2OS2. The highest BCUT2D eigenvalue weighted by atomic mass is 32.2. The van der Waals surface area contributed by atoms with Crippen LogP contribution >= 0.6 is 24.0 Å². The molecule has 3 rings (SSSR count). The summed E-state index contributed by atoms with van der Waals surface area (Å²) in [5.74, 6) is -1.69. The monoisotopic (exact) mass is 390 g/mol. The molecule has 0 saturated carbocycles. The van der Waals surface area contributed by atoms with E-state index in [0.29, 0.717) is 27.5 Å². The normalized spacial score (nSPS) is 12.0. The predicted octanol–water partition coefficient (Wildman–Crippen LogP) is 5.67. The number of thiocarbonyl (C=S) groups is 1. The fourth-order valence-corrected chi connectivity index (χ4v) is 3.17. The van der Waals surface area contributed by atoms with Gasteiger partial charge in [0.15, 0.2) is 5.11 Å². The molecule has 3 nitrogen and oxygen atoms in total. The van der Waals surface area contributed by atoms with Gasteiger partial charge >= 0.3 is 0 Å². The number of nitrogens with one attached hydrogen (secondary N) is 2. The summed E-state index contributed by atoms with van der Waals surface area (Å²) < 4.78 is 30.3. The molecule has 2 aromatic carbocycles. The third-order valence-electron chi connectivity index (χ3n) is 3.57. The van der Waals surface area contributed by atoms with Gasteiger partial charge in [-0.3, -0.25) is 0 Å². The van der Waals surface area contributed by atoms with Gasteiger partial charge in [-0.05, 0) is 54.2 Å². The van der Waals surface area contributed by atoms with Crippen molar-refractivity contribution in [3.05, 3.63) is 84.3 Å². The molecule has 1 heterocycles. The highest BCUT2D eigenvalue weighted by Gasteiger charge is 2.17. The third kappa shape index (κ3) is 5.06. The molecule has 26 heavy (non-hydrogen) atoms. The topological polar surface area (TPSA) is 37.2 Å². The minimum atomic E-state index is -2.43. The molecule has 0 saturated heterocycles. The molecule has 7 heteroatoms. The van der Waals surface area contributed by atoms with Crippen LogP contribution in [0.15, 0.2) is 82.3 Å². The van der Waals surface area contributed by atoms with Crippen molar-refractivity contribution in [1.29, 1.82) is 0 Å². The Kier molecular flexibility index (Phi) is 6.25. The van der Waals surface area contributed by atoms with E-state index in [-0.39, 0.29) is 6.04 Å². The molecule has 0 spiro atoms. The molecule has 2 N–H and O–H groups in total. The average molecular weight is 390 g/mol. The lowest BCUT2D eigenvalue weighted by Gasteiger charge is -2.19. The summed E-state index contributed by atoms with van der Waals surface area (Å²) in [7, 11) is 0. The Morgan fingerprint density at radius 2 is 1.69 bits per heavy atom. The fourth-order valence-electron chi connectivity index (χ4n) is 2.44. The Hall–Kier alpha value is -2.38. The molecule has 0 radical (unpaired) electrons. The standard InChI is InChI=1S/C19H16F2N2OS2/c20-18(21)26-15-10-8-14(9-11-15)22-19(25)23-17(16-7-4-12-24-16)13-5-2-1-3-6-13/h1-12,17-18H,(H2,22,23,25)/t17-/m0/s1. The van der Waals surface area contributed by atoms with Crippen LogP contribution in [0.2, 0.25) is 0 Å². The van der Waals surface area contributed by atoms with Gasteiger partial charge in [0, 0.05) is 10.6 Å². The van der Waals surface area contributed by atoms with Gasteiger partial charge in [-0.2, -0.15) is 8.78 Å². The van der Waals surface area contributed by atoms with Gasteiger partial charge in [-0.1, -0.05) is 42.1 Å². The van der Waals surface area contributed by atoms with Crippen molar-refractivity contribution in [2.24, 2.45) is 0 Å². The molecule has 0 bridgehead atoms. The van der Waals surface area contributed by atoms with Gasteiger partial charge in [0.25, 0.3) is 5.76 Å². The maximum Gasteiger partial charge on any atom is 0.288 e. The van der Waals surface area contributed by atoms with Crippen molar-refractivity contribution >= 4 is 34.8 Å². The number of hydrogen-bond donors (Lipinski definition) is 2. The van der Waals surface area contributed by atoms with Gasteiger partial charge in [-0.25, -0.2) is 0 Å². The number of rotatable bonds is 6. The maximum absolute atomic E-state index is 12.4. The van der Waals surface area contributed by atoms with Crippen molar-refractivity contribution < 1.29 is 13.2 Å². The molecule has 3 aromatic rings. The second kappa shape index (κ2) is 8.82. The molecule has 1 aromatic heterocycles. The van der Waals surface area contributed by atoms with E-state index in [0.717, 1.165) is 11.3 Å². The van der Waals surface area contributed by atoms with E-state index in [1.807, 2.05) is 42.5 Å². The number of hydrogen-bond acceptors (Lipinski definition) is 3. The number of furan rings is 1. The first-order valence-corrected chi connectivity index (χ1v) is 9.11. The molecule has 0 fully saturated rings. The van der Waals surface area contributed by atoms with Crippen LogP contribution in [-0.2, 0) is 0 Å². The third-order valence-corrected chi connectivity index (χ3v) is 4.52. The largest absolute Gasteiger partial charge is 0.467 e. The Balaban J connectivity index is 1.68. The summed E-state index contributed by atoms with van der Waals surface area (Å²) in [6.07, 6.45) is 1.61. The van der Waals surface area contributed by atoms with Gasteiger partial charge in [-0.15, -0.1) is 0 Å². The molecule has 0 aliphatic carbocycles. The van der Waals surface area contributed by atoms with Gasteiger partial charge in [0.05, 0.1) is 6.26 Å². The summed E-state index contributed by atoms with van der Waals surface area (Å²) in [4.78, 5) is 0.502. The van der Waals surface area contributed by atoms with Crippen LogP contribution in [0, 0.1) is 0 Å². The van der Waals surface area contributed by atoms with Crippen LogP contribution < -0.4 is 10.6 Å². The SMILES string of the molecule is FC(F)Sc1ccc(NC(=S)N[C@@H](c2ccccc2)c2ccco2)cc1. The first-order valence-electron chi connectivity index (χ1n) is 7.82. The van der Waals surface area contributed by atoms with E-state index < -0.39 is 5.76 Å². The van der Waals surface area contributed by atoms with E-state index in [2.05, 4.69) is 10.6 Å². The predicted molar refractivity (Wildman–Crippen MR) is 105 cm³/mol. The van der Waals surface area contributed by atoms with Crippen LogP contribution in [0.1, 0.15) is 17.4 Å². The smallest absolute Gasteiger partial charge is 0.288 e. The number of thioether (sulfide) groups is 1. The average Bonchev–Trinajstić information content (AvgIpc) is 3.16. The minimum absolute atomic E-state index is 0.236. The van der Waals surface area contributed by atoms with Crippen LogP contribution in [-0.4, -0.2) is 10.9 Å². The lowest BCUT2D eigenvalue weighted by atomic mass is 10.1. The van der Waals surface area contributed by atoms with Crippen molar-refractivity contribution in [3.63, 3.8) is 0 Å². The zero-order valence-corrected chi connectivity index (χ0v) is 15.2. The summed E-state index contributed by atoms with van der Waals surface area (Å²) in [6.45, 7) is 0. The summed E-state index contributed by atoms with van der Waals surface area (Å²) >= 11 is 5.91. The van der Waals surface area contributed by atoms with E-state index in [4.69, 9.17) is 16.6 Å². The lowest BCUT2D eigenvalue weighted by Crippen LogP contribution is -2.32. The summed E-state index contributed by atoms with van der Waals surface area (Å²) in [5, 5.41) is 6.71. The number of anilines is 1. The number of halogens is 2. The number of alkyl halides is 2. The highest BCUT2D eigenvalue weighted by Crippen LogP contribution is 2.26. The lowest BCUT2D eigenvalue weighted by molar-refractivity contribution is 0.252. The molecule has 0 amide bonds. The van der Waals surface area contributed by atoms with Crippen molar-refractivity contribution in [2.75, 3.05) is 5.32 Å². The minimum Gasteiger partial charge on any atom is -0.467 e. The Labute approximate surface area is 159 Å². The second-order valence-corrected chi connectivity index (χ2v) is 6.83. The first kappa shape index (κ1) is 18.4. The van der Waals surface area contributed by atoms with Crippen LogP contribution in [0.3, 0.4) is 0 Å².